The van der Waals surface area contributed by atoms with Gasteiger partial charge in [0.1, 0.15) is 5.82 Å². The van der Waals surface area contributed by atoms with E-state index in [1.165, 1.54) is 12.1 Å². The minimum absolute atomic E-state index is 0.263. The van der Waals surface area contributed by atoms with Gasteiger partial charge in [-0.1, -0.05) is 18.5 Å². The molecular formula is C10H13ClFN3. The molecule has 0 bridgehead atoms. The molecule has 0 fully saturated rings. The third-order valence-corrected chi connectivity index (χ3v) is 1.86. The fourth-order valence-electron chi connectivity index (χ4n) is 1.05. The first-order valence-electron chi connectivity index (χ1n) is 4.65. The zero-order valence-corrected chi connectivity index (χ0v) is 9.18. The lowest BCUT2D eigenvalue weighted by Gasteiger charge is -2.05. The first kappa shape index (κ1) is 11.8. The summed E-state index contributed by atoms with van der Waals surface area (Å²) in [5, 5.41) is 3.08. The van der Waals surface area contributed by atoms with E-state index in [0.717, 1.165) is 6.42 Å². The standard InChI is InChI=1S/C10H13ClFN3/c1-2-3-14-10(13)15-9-5-7(11)4-8(12)6-9/h4-6H,2-3H2,1H3,(H3,13,14,15). The van der Waals surface area contributed by atoms with Crippen molar-refractivity contribution in [2.24, 2.45) is 10.7 Å². The minimum atomic E-state index is -0.409. The van der Waals surface area contributed by atoms with E-state index >= 15 is 0 Å². The SMILES string of the molecule is CCCN=C(N)Nc1cc(F)cc(Cl)c1. The van der Waals surface area contributed by atoms with Gasteiger partial charge in [0.2, 0.25) is 0 Å². The van der Waals surface area contributed by atoms with Gasteiger partial charge in [0, 0.05) is 17.3 Å². The second-order valence-electron chi connectivity index (χ2n) is 3.05. The van der Waals surface area contributed by atoms with Crippen LogP contribution in [0.5, 0.6) is 0 Å². The van der Waals surface area contributed by atoms with Gasteiger partial charge in [0.15, 0.2) is 5.96 Å². The predicted octanol–water partition coefficient (Wildman–Crippen LogP) is 2.62. The van der Waals surface area contributed by atoms with E-state index in [-0.39, 0.29) is 5.96 Å². The molecule has 3 N–H and O–H groups in total. The average molecular weight is 230 g/mol. The van der Waals surface area contributed by atoms with Crippen molar-refractivity contribution >= 4 is 23.2 Å². The predicted molar refractivity (Wildman–Crippen MR) is 61.8 cm³/mol. The molecule has 0 radical (unpaired) electrons. The van der Waals surface area contributed by atoms with Gasteiger partial charge in [0.05, 0.1) is 0 Å². The molecule has 0 aliphatic heterocycles. The van der Waals surface area contributed by atoms with Gasteiger partial charge in [0.25, 0.3) is 0 Å². The summed E-state index contributed by atoms with van der Waals surface area (Å²) in [6.45, 7) is 2.64. The number of rotatable bonds is 3. The van der Waals surface area contributed by atoms with Crippen molar-refractivity contribution in [3.8, 4) is 0 Å². The van der Waals surface area contributed by atoms with E-state index < -0.39 is 5.82 Å². The number of nitrogens with two attached hydrogens (primary N) is 1. The lowest BCUT2D eigenvalue weighted by molar-refractivity contribution is 0.628. The summed E-state index contributed by atoms with van der Waals surface area (Å²) in [5.41, 5.74) is 6.06. The summed E-state index contributed by atoms with van der Waals surface area (Å²) in [4.78, 5) is 4.02. The highest BCUT2D eigenvalue weighted by atomic mass is 35.5. The minimum Gasteiger partial charge on any atom is -0.370 e. The van der Waals surface area contributed by atoms with Crippen molar-refractivity contribution in [1.82, 2.24) is 0 Å². The molecule has 0 unspecified atom stereocenters. The summed E-state index contributed by atoms with van der Waals surface area (Å²) in [7, 11) is 0. The van der Waals surface area contributed by atoms with Crippen LogP contribution in [-0.2, 0) is 0 Å². The topological polar surface area (TPSA) is 50.4 Å². The Kier molecular flexibility index (Phi) is 4.37. The van der Waals surface area contributed by atoms with E-state index in [4.69, 9.17) is 17.3 Å². The molecule has 0 saturated carbocycles. The third-order valence-electron chi connectivity index (χ3n) is 1.64. The van der Waals surface area contributed by atoms with Crippen LogP contribution in [0.25, 0.3) is 0 Å². The van der Waals surface area contributed by atoms with Gasteiger partial charge in [-0.25, -0.2) is 4.39 Å². The van der Waals surface area contributed by atoms with Crippen LogP contribution in [0.3, 0.4) is 0 Å². The molecule has 82 valence electrons. The normalized spacial score (nSPS) is 11.5. The summed E-state index contributed by atoms with van der Waals surface area (Å²) < 4.78 is 12.9. The van der Waals surface area contributed by atoms with Crippen LogP contribution in [0, 0.1) is 5.82 Å². The van der Waals surface area contributed by atoms with Crippen LogP contribution in [0.1, 0.15) is 13.3 Å². The molecule has 1 rings (SSSR count). The molecular weight excluding hydrogens is 217 g/mol. The van der Waals surface area contributed by atoms with Crippen molar-refractivity contribution in [3.63, 3.8) is 0 Å². The Bertz CT molecular complexity index is 345. The largest absolute Gasteiger partial charge is 0.370 e. The van der Waals surface area contributed by atoms with Crippen LogP contribution < -0.4 is 11.1 Å². The Morgan fingerprint density at radius 3 is 2.87 bits per heavy atom. The maximum Gasteiger partial charge on any atom is 0.193 e. The van der Waals surface area contributed by atoms with Crippen molar-refractivity contribution in [3.05, 3.63) is 29.0 Å². The Hall–Kier alpha value is -1.29. The number of anilines is 1. The van der Waals surface area contributed by atoms with Gasteiger partial charge >= 0.3 is 0 Å². The van der Waals surface area contributed by atoms with Gasteiger partial charge in [-0.3, -0.25) is 4.99 Å². The monoisotopic (exact) mass is 229 g/mol. The molecule has 0 atom stereocenters. The molecule has 1 aromatic rings. The first-order valence-corrected chi connectivity index (χ1v) is 5.02. The number of halogens is 2. The third kappa shape index (κ3) is 4.16. The maximum atomic E-state index is 12.9. The highest BCUT2D eigenvalue weighted by Crippen LogP contribution is 2.17. The van der Waals surface area contributed by atoms with Gasteiger partial charge in [-0.15, -0.1) is 0 Å². The zero-order chi connectivity index (χ0) is 11.3. The molecule has 5 heteroatoms. The highest BCUT2D eigenvalue weighted by molar-refractivity contribution is 6.30. The number of hydrogen-bond donors (Lipinski definition) is 2. The summed E-state index contributed by atoms with van der Waals surface area (Å²) in [5.74, 6) is -0.146. The lowest BCUT2D eigenvalue weighted by atomic mass is 10.3. The first-order chi connectivity index (χ1) is 7.11. The molecule has 1 aromatic carbocycles. The van der Waals surface area contributed by atoms with Crippen LogP contribution in [-0.4, -0.2) is 12.5 Å². The van der Waals surface area contributed by atoms with Crippen LogP contribution in [0.2, 0.25) is 5.02 Å². The van der Waals surface area contributed by atoms with Gasteiger partial charge in [-0.2, -0.15) is 0 Å². The molecule has 0 heterocycles. The fourth-order valence-corrected chi connectivity index (χ4v) is 1.27. The molecule has 0 aromatic heterocycles. The number of aliphatic imine (C=N–C) groups is 1. The molecule has 0 saturated heterocycles. The maximum absolute atomic E-state index is 12.9. The summed E-state index contributed by atoms with van der Waals surface area (Å²) in [6.07, 6.45) is 0.909. The van der Waals surface area contributed by atoms with Crippen LogP contribution >= 0.6 is 11.6 Å². The number of nitrogens with one attached hydrogen (secondary N) is 1. The Labute approximate surface area is 93.1 Å². The molecule has 0 amide bonds. The number of nitrogens with zero attached hydrogens (tertiary/aromatic N) is 1. The highest BCUT2D eigenvalue weighted by Gasteiger charge is 1.99. The quantitative estimate of drug-likeness (QED) is 0.618. The van der Waals surface area contributed by atoms with E-state index in [0.29, 0.717) is 17.3 Å². The zero-order valence-electron chi connectivity index (χ0n) is 8.43. The number of benzene rings is 1. The Morgan fingerprint density at radius 2 is 2.27 bits per heavy atom. The summed E-state index contributed by atoms with van der Waals surface area (Å²) in [6, 6.07) is 4.12. The molecule has 3 nitrogen and oxygen atoms in total. The van der Waals surface area contributed by atoms with Gasteiger partial charge in [-0.05, 0) is 24.6 Å². The van der Waals surface area contributed by atoms with Crippen molar-refractivity contribution < 1.29 is 4.39 Å². The van der Waals surface area contributed by atoms with Crippen molar-refractivity contribution in [2.45, 2.75) is 13.3 Å². The molecule has 0 spiro atoms. The molecule has 0 aliphatic rings. The summed E-state index contributed by atoms with van der Waals surface area (Å²) >= 11 is 5.68. The van der Waals surface area contributed by atoms with Crippen LogP contribution in [0.4, 0.5) is 10.1 Å². The second-order valence-corrected chi connectivity index (χ2v) is 3.49. The Morgan fingerprint density at radius 1 is 1.53 bits per heavy atom. The number of guanidine groups is 1. The molecule has 0 aliphatic carbocycles. The van der Waals surface area contributed by atoms with Crippen LogP contribution in [0.15, 0.2) is 23.2 Å². The second kappa shape index (κ2) is 5.56. The van der Waals surface area contributed by atoms with Gasteiger partial charge < -0.3 is 11.1 Å². The Balaban J connectivity index is 2.72. The van der Waals surface area contributed by atoms with E-state index in [9.17, 15) is 4.39 Å². The van der Waals surface area contributed by atoms with E-state index in [1.807, 2.05) is 6.92 Å². The average Bonchev–Trinajstić information content (AvgIpc) is 2.13. The fraction of sp³-hybridized carbons (Fsp3) is 0.300. The van der Waals surface area contributed by atoms with E-state index in [1.54, 1.807) is 6.07 Å². The molecule has 15 heavy (non-hydrogen) atoms. The van der Waals surface area contributed by atoms with E-state index in [2.05, 4.69) is 10.3 Å². The van der Waals surface area contributed by atoms with Crippen molar-refractivity contribution in [1.29, 1.82) is 0 Å². The van der Waals surface area contributed by atoms with Crippen molar-refractivity contribution in [2.75, 3.05) is 11.9 Å². The number of hydrogen-bond acceptors (Lipinski definition) is 1. The smallest absolute Gasteiger partial charge is 0.193 e. The lowest BCUT2D eigenvalue weighted by Crippen LogP contribution is -2.22.